The second-order valence-electron chi connectivity index (χ2n) is 14.8. The molecule has 0 bridgehead atoms. The van der Waals surface area contributed by atoms with E-state index < -0.39 is 35.8 Å². The van der Waals surface area contributed by atoms with Gasteiger partial charge in [0, 0.05) is 38.9 Å². The second kappa shape index (κ2) is 16.5. The molecule has 1 aliphatic carbocycles. The van der Waals surface area contributed by atoms with Crippen molar-refractivity contribution in [2.75, 3.05) is 26.7 Å². The van der Waals surface area contributed by atoms with Gasteiger partial charge in [-0.3, -0.25) is 14.4 Å². The molecule has 4 atom stereocenters. The lowest BCUT2D eigenvalue weighted by Crippen LogP contribution is -2.61. The number of fused-ring (bicyclic) bond motifs is 1. The van der Waals surface area contributed by atoms with E-state index in [0.717, 1.165) is 24.8 Å². The van der Waals surface area contributed by atoms with Gasteiger partial charge in [0.1, 0.15) is 18.2 Å². The summed E-state index contributed by atoms with van der Waals surface area (Å²) >= 11 is 0. The highest BCUT2D eigenvalue weighted by Crippen LogP contribution is 2.35. The SMILES string of the molecule is CC(C)[C@H](CC(=O)[C@H](C)N(C)C(=O)OC(C)(C)C)C(=O)N1CCN(C(=O)OCc2ccccc2)C[C@H]1C(=O)C[C@@H]1CCCc2ccccc21. The van der Waals surface area contributed by atoms with Crippen LogP contribution in [0.15, 0.2) is 54.6 Å². The third-order valence-electron chi connectivity index (χ3n) is 9.71. The largest absolute Gasteiger partial charge is 0.445 e. The van der Waals surface area contributed by atoms with Crippen molar-refractivity contribution in [1.82, 2.24) is 14.7 Å². The van der Waals surface area contributed by atoms with Gasteiger partial charge in [-0.2, -0.15) is 0 Å². The molecule has 0 spiro atoms. The summed E-state index contributed by atoms with van der Waals surface area (Å²) in [7, 11) is 1.51. The number of benzene rings is 2. The minimum absolute atomic E-state index is 0.0170. The van der Waals surface area contributed by atoms with Crippen LogP contribution in [0.3, 0.4) is 0 Å². The zero-order chi connectivity index (χ0) is 35.9. The number of aryl methyl sites for hydroxylation is 1. The smallest absolute Gasteiger partial charge is 0.410 e. The Balaban J connectivity index is 1.53. The van der Waals surface area contributed by atoms with Crippen molar-refractivity contribution in [2.45, 2.75) is 104 Å². The Morgan fingerprint density at radius 2 is 1.61 bits per heavy atom. The highest BCUT2D eigenvalue weighted by Gasteiger charge is 2.42. The summed E-state index contributed by atoms with van der Waals surface area (Å²) in [5.74, 6) is -1.58. The van der Waals surface area contributed by atoms with Crippen LogP contribution in [-0.2, 0) is 36.9 Å². The molecule has 0 saturated carbocycles. The summed E-state index contributed by atoms with van der Waals surface area (Å²) in [6.07, 6.45) is 1.83. The van der Waals surface area contributed by atoms with Gasteiger partial charge >= 0.3 is 12.2 Å². The van der Waals surface area contributed by atoms with E-state index in [4.69, 9.17) is 9.47 Å². The van der Waals surface area contributed by atoms with Crippen LogP contribution in [0.4, 0.5) is 9.59 Å². The average molecular weight is 676 g/mol. The Morgan fingerprint density at radius 1 is 0.939 bits per heavy atom. The molecular formula is C39H53N3O7. The van der Waals surface area contributed by atoms with E-state index >= 15 is 0 Å². The van der Waals surface area contributed by atoms with E-state index in [0.29, 0.717) is 0 Å². The highest BCUT2D eigenvalue weighted by molar-refractivity contribution is 5.94. The number of amides is 3. The molecule has 3 amide bonds. The summed E-state index contributed by atoms with van der Waals surface area (Å²) in [6, 6.07) is 15.9. The van der Waals surface area contributed by atoms with Crippen molar-refractivity contribution >= 4 is 29.7 Å². The summed E-state index contributed by atoms with van der Waals surface area (Å²) in [5.41, 5.74) is 2.55. The monoisotopic (exact) mass is 675 g/mol. The molecule has 0 unspecified atom stereocenters. The third kappa shape index (κ3) is 9.92. The predicted molar refractivity (Wildman–Crippen MR) is 187 cm³/mol. The fourth-order valence-electron chi connectivity index (χ4n) is 6.66. The maximum Gasteiger partial charge on any atom is 0.410 e. The van der Waals surface area contributed by atoms with E-state index in [-0.39, 0.29) is 68.4 Å². The van der Waals surface area contributed by atoms with Crippen LogP contribution in [0.2, 0.25) is 0 Å². The van der Waals surface area contributed by atoms with Crippen LogP contribution in [0.25, 0.3) is 0 Å². The molecule has 4 rings (SSSR count). The van der Waals surface area contributed by atoms with Crippen LogP contribution in [-0.4, -0.2) is 88.7 Å². The number of ether oxygens (including phenoxy) is 2. The minimum Gasteiger partial charge on any atom is -0.445 e. The van der Waals surface area contributed by atoms with Crippen molar-refractivity contribution in [3.05, 3.63) is 71.3 Å². The fraction of sp³-hybridized carbons (Fsp3) is 0.564. The lowest BCUT2D eigenvalue weighted by Gasteiger charge is -2.42. The molecule has 2 aromatic carbocycles. The van der Waals surface area contributed by atoms with Crippen molar-refractivity contribution < 1.29 is 33.4 Å². The van der Waals surface area contributed by atoms with Crippen LogP contribution < -0.4 is 0 Å². The number of rotatable bonds is 11. The number of carbonyl (C=O) groups is 5. The molecular weight excluding hydrogens is 622 g/mol. The van der Waals surface area contributed by atoms with Crippen LogP contribution >= 0.6 is 0 Å². The summed E-state index contributed by atoms with van der Waals surface area (Å²) < 4.78 is 11.1. The number of hydrogen-bond acceptors (Lipinski definition) is 7. The van der Waals surface area contributed by atoms with E-state index in [1.807, 2.05) is 56.3 Å². The first-order valence-corrected chi connectivity index (χ1v) is 17.5. The van der Waals surface area contributed by atoms with Crippen LogP contribution in [0.1, 0.15) is 89.8 Å². The molecule has 1 aliphatic heterocycles. The van der Waals surface area contributed by atoms with E-state index in [9.17, 15) is 24.0 Å². The number of likely N-dealkylation sites (N-methyl/N-ethyl adjacent to an activating group) is 1. The molecule has 1 heterocycles. The van der Waals surface area contributed by atoms with Crippen molar-refractivity contribution in [3.8, 4) is 0 Å². The number of carbonyl (C=O) groups excluding carboxylic acids is 5. The molecule has 10 nitrogen and oxygen atoms in total. The fourth-order valence-corrected chi connectivity index (χ4v) is 6.66. The molecule has 266 valence electrons. The van der Waals surface area contributed by atoms with Gasteiger partial charge in [-0.15, -0.1) is 0 Å². The second-order valence-corrected chi connectivity index (χ2v) is 14.8. The van der Waals surface area contributed by atoms with Gasteiger partial charge in [0.25, 0.3) is 0 Å². The number of ketones is 2. The van der Waals surface area contributed by atoms with Gasteiger partial charge in [-0.1, -0.05) is 68.4 Å². The molecule has 2 aliphatic rings. The van der Waals surface area contributed by atoms with Crippen LogP contribution in [0.5, 0.6) is 0 Å². The molecule has 0 N–H and O–H groups in total. The normalized spacial score (nSPS) is 19.0. The summed E-state index contributed by atoms with van der Waals surface area (Å²) in [5, 5.41) is 0. The van der Waals surface area contributed by atoms with Crippen molar-refractivity contribution in [2.24, 2.45) is 11.8 Å². The van der Waals surface area contributed by atoms with Crippen LogP contribution in [0, 0.1) is 11.8 Å². The number of nitrogens with zero attached hydrogens (tertiary/aromatic N) is 3. The Bertz CT molecular complexity index is 1480. The standard InChI is InChI=1S/C39H53N3O7/c1-26(2)32(23-34(43)27(3)40(7)37(46)49-39(4,5)6)36(45)42-21-20-41(38(47)48-25-28-14-9-8-10-15-28)24-33(42)35(44)22-30-18-13-17-29-16-11-12-19-31(29)30/h8-12,14-16,19,26-27,30,32-33H,13,17-18,20-25H2,1-7H3/t27-,30-,32-,33-/m0/s1. The highest BCUT2D eigenvalue weighted by atomic mass is 16.6. The van der Waals surface area contributed by atoms with Gasteiger partial charge in [0.2, 0.25) is 5.91 Å². The first kappa shape index (κ1) is 37.6. The molecule has 0 aromatic heterocycles. The molecule has 1 saturated heterocycles. The van der Waals surface area contributed by atoms with Gasteiger partial charge in [0.15, 0.2) is 11.6 Å². The Labute approximate surface area is 291 Å². The molecule has 49 heavy (non-hydrogen) atoms. The van der Waals surface area contributed by atoms with E-state index in [1.165, 1.54) is 28.0 Å². The quantitative estimate of drug-likeness (QED) is 0.271. The molecule has 2 aromatic rings. The first-order valence-electron chi connectivity index (χ1n) is 17.5. The first-order chi connectivity index (χ1) is 23.2. The lowest BCUT2D eigenvalue weighted by atomic mass is 9.79. The van der Waals surface area contributed by atoms with Gasteiger partial charge < -0.3 is 24.2 Å². The maximum absolute atomic E-state index is 14.4. The number of hydrogen-bond donors (Lipinski definition) is 0. The van der Waals surface area contributed by atoms with Gasteiger partial charge in [0.05, 0.1) is 12.6 Å². The topological polar surface area (TPSA) is 114 Å². The Hall–Kier alpha value is -4.21. The minimum atomic E-state index is -0.877. The predicted octanol–water partition coefficient (Wildman–Crippen LogP) is 6.40. The number of Topliss-reactive ketones (excluding diaryl/α,β-unsaturated/α-hetero) is 2. The van der Waals surface area contributed by atoms with Crippen molar-refractivity contribution in [1.29, 1.82) is 0 Å². The van der Waals surface area contributed by atoms with Gasteiger partial charge in [-0.05, 0) is 75.5 Å². The summed E-state index contributed by atoms with van der Waals surface area (Å²) in [6.45, 7) is 11.1. The Morgan fingerprint density at radius 3 is 2.29 bits per heavy atom. The van der Waals surface area contributed by atoms with Crippen molar-refractivity contribution in [3.63, 3.8) is 0 Å². The maximum atomic E-state index is 14.4. The Kier molecular flexibility index (Phi) is 12.6. The average Bonchev–Trinajstić information content (AvgIpc) is 3.07. The molecule has 1 fully saturated rings. The third-order valence-corrected chi connectivity index (χ3v) is 9.71. The van der Waals surface area contributed by atoms with E-state index in [1.54, 1.807) is 32.6 Å². The molecule has 0 radical (unpaired) electrons. The lowest BCUT2D eigenvalue weighted by molar-refractivity contribution is -0.148. The number of piperazine rings is 1. The zero-order valence-corrected chi connectivity index (χ0v) is 30.1. The zero-order valence-electron chi connectivity index (χ0n) is 30.1. The van der Waals surface area contributed by atoms with Gasteiger partial charge in [-0.25, -0.2) is 9.59 Å². The van der Waals surface area contributed by atoms with E-state index in [2.05, 4.69) is 12.1 Å². The molecule has 10 heteroatoms. The summed E-state index contributed by atoms with van der Waals surface area (Å²) in [4.78, 5) is 72.4.